The maximum atomic E-state index is 2.57. The number of aryl methyl sites for hydroxylation is 2. The summed E-state index contributed by atoms with van der Waals surface area (Å²) in [6, 6.07) is 11.1. The second-order valence-electron chi connectivity index (χ2n) is 5.63. The molecule has 0 saturated carbocycles. The lowest BCUT2D eigenvalue weighted by Gasteiger charge is -2.36. The number of piperazine rings is 1. The molecule has 3 rings (SSSR count). The van der Waals surface area contributed by atoms with Crippen LogP contribution in [-0.2, 0) is 6.54 Å². The third-order valence-electron chi connectivity index (χ3n) is 4.11. The quantitative estimate of drug-likeness (QED) is 0.849. The monoisotopic (exact) mass is 286 g/mol. The van der Waals surface area contributed by atoms with Gasteiger partial charge < -0.3 is 4.90 Å². The first-order valence-electron chi connectivity index (χ1n) is 7.29. The van der Waals surface area contributed by atoms with E-state index < -0.39 is 0 Å². The Bertz CT molecular complexity index is 551. The van der Waals surface area contributed by atoms with Gasteiger partial charge in [0.25, 0.3) is 0 Å². The van der Waals surface area contributed by atoms with E-state index in [1.54, 1.807) is 0 Å². The van der Waals surface area contributed by atoms with E-state index in [9.17, 15) is 0 Å². The minimum Gasteiger partial charge on any atom is -0.369 e. The van der Waals surface area contributed by atoms with E-state index >= 15 is 0 Å². The molecular weight excluding hydrogens is 264 g/mol. The molecule has 0 unspecified atom stereocenters. The Labute approximate surface area is 125 Å². The van der Waals surface area contributed by atoms with Crippen LogP contribution in [0.25, 0.3) is 0 Å². The molecule has 106 valence electrons. The number of benzene rings is 1. The van der Waals surface area contributed by atoms with Crippen molar-refractivity contribution in [2.24, 2.45) is 0 Å². The van der Waals surface area contributed by atoms with Crippen molar-refractivity contribution in [1.82, 2.24) is 4.90 Å². The van der Waals surface area contributed by atoms with E-state index in [-0.39, 0.29) is 0 Å². The molecule has 2 nitrogen and oxygen atoms in total. The van der Waals surface area contributed by atoms with Crippen molar-refractivity contribution in [2.45, 2.75) is 20.4 Å². The van der Waals surface area contributed by atoms with Crippen LogP contribution in [0.4, 0.5) is 5.69 Å². The van der Waals surface area contributed by atoms with E-state index in [0.29, 0.717) is 0 Å². The van der Waals surface area contributed by atoms with E-state index in [2.05, 4.69) is 59.4 Å². The summed E-state index contributed by atoms with van der Waals surface area (Å²) in [4.78, 5) is 6.59. The number of hydrogen-bond donors (Lipinski definition) is 0. The van der Waals surface area contributed by atoms with Crippen molar-refractivity contribution in [1.29, 1.82) is 0 Å². The zero-order chi connectivity index (χ0) is 13.9. The zero-order valence-electron chi connectivity index (χ0n) is 12.3. The molecule has 2 aromatic rings. The van der Waals surface area contributed by atoms with E-state index in [0.717, 1.165) is 32.7 Å². The summed E-state index contributed by atoms with van der Waals surface area (Å²) in [5.74, 6) is 0. The normalized spacial score (nSPS) is 16.6. The summed E-state index contributed by atoms with van der Waals surface area (Å²) in [6.45, 7) is 10.1. The van der Waals surface area contributed by atoms with Gasteiger partial charge in [-0.15, -0.1) is 11.3 Å². The maximum absolute atomic E-state index is 2.57. The van der Waals surface area contributed by atoms with Gasteiger partial charge >= 0.3 is 0 Å². The Hall–Kier alpha value is -1.32. The van der Waals surface area contributed by atoms with Gasteiger partial charge in [0.1, 0.15) is 0 Å². The lowest BCUT2D eigenvalue weighted by molar-refractivity contribution is 0.251. The minimum absolute atomic E-state index is 1.12. The van der Waals surface area contributed by atoms with Crippen LogP contribution < -0.4 is 4.90 Å². The van der Waals surface area contributed by atoms with Crippen LogP contribution in [0.15, 0.2) is 35.7 Å². The van der Waals surface area contributed by atoms with Gasteiger partial charge in [0, 0.05) is 43.3 Å². The van der Waals surface area contributed by atoms with Gasteiger partial charge in [0.2, 0.25) is 0 Å². The molecule has 0 amide bonds. The summed E-state index contributed by atoms with van der Waals surface area (Å²) in [7, 11) is 0. The fraction of sp³-hybridized carbons (Fsp3) is 0.412. The molecular formula is C17H22N2S. The van der Waals surface area contributed by atoms with Gasteiger partial charge in [-0.2, -0.15) is 0 Å². The molecule has 0 atom stereocenters. The SMILES string of the molecule is Cc1ccc(N2CCN(Cc3sccc3C)CC2)cc1. The van der Waals surface area contributed by atoms with E-state index in [1.807, 2.05) is 11.3 Å². The molecule has 1 aliphatic heterocycles. The third-order valence-corrected chi connectivity index (χ3v) is 5.11. The van der Waals surface area contributed by atoms with Gasteiger partial charge in [-0.25, -0.2) is 0 Å². The predicted molar refractivity (Wildman–Crippen MR) is 87.7 cm³/mol. The highest BCUT2D eigenvalue weighted by atomic mass is 32.1. The van der Waals surface area contributed by atoms with Gasteiger partial charge in [-0.05, 0) is 43.0 Å². The molecule has 0 spiro atoms. The molecule has 1 saturated heterocycles. The summed E-state index contributed by atoms with van der Waals surface area (Å²) in [6.07, 6.45) is 0. The smallest absolute Gasteiger partial charge is 0.0367 e. The predicted octanol–water partition coefficient (Wildman–Crippen LogP) is 3.69. The first-order chi connectivity index (χ1) is 9.72. The number of hydrogen-bond acceptors (Lipinski definition) is 3. The van der Waals surface area contributed by atoms with Crippen LogP contribution in [0.2, 0.25) is 0 Å². The average Bonchev–Trinajstić information content (AvgIpc) is 2.86. The van der Waals surface area contributed by atoms with Crippen LogP contribution in [-0.4, -0.2) is 31.1 Å². The van der Waals surface area contributed by atoms with Gasteiger partial charge in [0.05, 0.1) is 0 Å². The number of thiophene rings is 1. The number of rotatable bonds is 3. The van der Waals surface area contributed by atoms with Gasteiger partial charge in [0.15, 0.2) is 0 Å². The molecule has 1 aliphatic rings. The van der Waals surface area contributed by atoms with Crippen molar-refractivity contribution < 1.29 is 0 Å². The van der Waals surface area contributed by atoms with Crippen LogP contribution in [0.3, 0.4) is 0 Å². The average molecular weight is 286 g/mol. The molecule has 0 N–H and O–H groups in total. The van der Waals surface area contributed by atoms with Crippen LogP contribution in [0.1, 0.15) is 16.0 Å². The standard InChI is InChI=1S/C17H22N2S/c1-14-3-5-16(6-4-14)19-10-8-18(9-11-19)13-17-15(2)7-12-20-17/h3-7,12H,8-11,13H2,1-2H3. The van der Waals surface area contributed by atoms with E-state index in [4.69, 9.17) is 0 Å². The molecule has 3 heteroatoms. The lowest BCUT2D eigenvalue weighted by atomic mass is 10.2. The van der Waals surface area contributed by atoms with Crippen molar-refractivity contribution >= 4 is 17.0 Å². The van der Waals surface area contributed by atoms with Gasteiger partial charge in [-0.1, -0.05) is 17.7 Å². The molecule has 2 heterocycles. The Kier molecular flexibility index (Phi) is 4.08. The van der Waals surface area contributed by atoms with Crippen LogP contribution in [0, 0.1) is 13.8 Å². The maximum Gasteiger partial charge on any atom is 0.0367 e. The highest BCUT2D eigenvalue weighted by Gasteiger charge is 2.18. The molecule has 0 radical (unpaired) electrons. The zero-order valence-corrected chi connectivity index (χ0v) is 13.1. The first kappa shape index (κ1) is 13.7. The highest BCUT2D eigenvalue weighted by Crippen LogP contribution is 2.21. The van der Waals surface area contributed by atoms with E-state index in [1.165, 1.54) is 21.7 Å². The third kappa shape index (κ3) is 3.05. The Morgan fingerprint density at radius 1 is 0.950 bits per heavy atom. The molecule has 1 fully saturated rings. The molecule has 0 aliphatic carbocycles. The van der Waals surface area contributed by atoms with Crippen molar-refractivity contribution in [2.75, 3.05) is 31.1 Å². The summed E-state index contributed by atoms with van der Waals surface area (Å²) >= 11 is 1.89. The molecule has 20 heavy (non-hydrogen) atoms. The minimum atomic E-state index is 1.12. The molecule has 1 aromatic heterocycles. The lowest BCUT2D eigenvalue weighted by Crippen LogP contribution is -2.45. The van der Waals surface area contributed by atoms with Crippen LogP contribution in [0.5, 0.6) is 0 Å². The van der Waals surface area contributed by atoms with Crippen LogP contribution >= 0.6 is 11.3 Å². The number of nitrogens with zero attached hydrogens (tertiary/aromatic N) is 2. The fourth-order valence-corrected chi connectivity index (χ4v) is 3.64. The first-order valence-corrected chi connectivity index (χ1v) is 8.17. The summed E-state index contributed by atoms with van der Waals surface area (Å²) < 4.78 is 0. The summed E-state index contributed by atoms with van der Waals surface area (Å²) in [5, 5.41) is 2.20. The van der Waals surface area contributed by atoms with Crippen molar-refractivity contribution in [3.8, 4) is 0 Å². The molecule has 1 aromatic carbocycles. The van der Waals surface area contributed by atoms with Crippen molar-refractivity contribution in [3.63, 3.8) is 0 Å². The number of anilines is 1. The Morgan fingerprint density at radius 2 is 1.65 bits per heavy atom. The largest absolute Gasteiger partial charge is 0.369 e. The summed E-state index contributed by atoms with van der Waals surface area (Å²) in [5.41, 5.74) is 4.14. The van der Waals surface area contributed by atoms with Gasteiger partial charge in [-0.3, -0.25) is 4.90 Å². The molecule has 0 bridgehead atoms. The highest BCUT2D eigenvalue weighted by molar-refractivity contribution is 7.10. The second kappa shape index (κ2) is 5.98. The van der Waals surface area contributed by atoms with Crippen molar-refractivity contribution in [3.05, 3.63) is 51.7 Å². The second-order valence-corrected chi connectivity index (χ2v) is 6.63. The topological polar surface area (TPSA) is 6.48 Å². The Morgan fingerprint density at radius 3 is 2.25 bits per heavy atom. The Balaban J connectivity index is 1.57. The fourth-order valence-electron chi connectivity index (χ4n) is 2.69.